The van der Waals surface area contributed by atoms with Crippen molar-refractivity contribution >= 4 is 17.6 Å². The lowest BCUT2D eigenvalue weighted by atomic mass is 10.1. The van der Waals surface area contributed by atoms with Gasteiger partial charge in [0.2, 0.25) is 0 Å². The van der Waals surface area contributed by atoms with Gasteiger partial charge >= 0.3 is 5.97 Å². The average molecular weight is 494 g/mol. The van der Waals surface area contributed by atoms with Gasteiger partial charge in [0.1, 0.15) is 33.6 Å². The maximum atomic E-state index is 13.2. The summed E-state index contributed by atoms with van der Waals surface area (Å²) in [4.78, 5) is 12.8. The lowest BCUT2D eigenvalue weighted by Gasteiger charge is -2.04. The summed E-state index contributed by atoms with van der Waals surface area (Å²) in [6, 6.07) is 15.0. The monoisotopic (exact) mass is 493 g/mol. The smallest absolute Gasteiger partial charge is 0.343 e. The lowest BCUT2D eigenvalue weighted by molar-refractivity contribution is 0.0438. The molecule has 5 rings (SSSR count). The molecule has 0 unspecified atom stereocenters. The zero-order chi connectivity index (χ0) is 24.5. The number of nitrogens with zero attached hydrogens (tertiary/aromatic N) is 5. The Kier molecular flexibility index (Phi) is 5.87. The van der Waals surface area contributed by atoms with Gasteiger partial charge in [0.25, 0.3) is 11.8 Å². The molecule has 0 spiro atoms. The van der Waals surface area contributed by atoms with Crippen molar-refractivity contribution < 1.29 is 22.9 Å². The molecule has 0 saturated heterocycles. The van der Waals surface area contributed by atoms with Crippen LogP contribution in [-0.2, 0) is 11.3 Å². The molecule has 3 heterocycles. The van der Waals surface area contributed by atoms with Gasteiger partial charge < -0.3 is 13.7 Å². The molecular weight excluding hydrogens is 477 g/mol. The molecule has 0 atom stereocenters. The van der Waals surface area contributed by atoms with Crippen LogP contribution in [0.4, 0.5) is 4.39 Å². The summed E-state index contributed by atoms with van der Waals surface area (Å²) >= 11 is 6.38. The Labute approximate surface area is 203 Å². The first-order chi connectivity index (χ1) is 16.9. The number of carbonyl (C=O) groups excluding carboxylic acids is 1. The molecule has 9 nitrogen and oxygen atoms in total. The number of hydrogen-bond donors (Lipinski definition) is 0. The zero-order valence-corrected chi connectivity index (χ0v) is 19.3. The van der Waals surface area contributed by atoms with Crippen molar-refractivity contribution in [1.29, 1.82) is 0 Å². The number of hydrogen-bond acceptors (Lipinski definition) is 8. The fourth-order valence-corrected chi connectivity index (χ4v) is 3.86. The molecule has 0 radical (unpaired) electrons. The molecule has 0 N–H and O–H groups in total. The summed E-state index contributed by atoms with van der Waals surface area (Å²) in [5, 5.41) is 16.4. The van der Waals surface area contributed by atoms with Crippen molar-refractivity contribution in [3.63, 3.8) is 0 Å². The van der Waals surface area contributed by atoms with Gasteiger partial charge in [-0.3, -0.25) is 0 Å². The minimum Gasteiger partial charge on any atom is -0.452 e. The maximum Gasteiger partial charge on any atom is 0.343 e. The summed E-state index contributed by atoms with van der Waals surface area (Å²) in [7, 11) is 0. The number of aromatic nitrogens is 5. The molecule has 0 aliphatic heterocycles. The van der Waals surface area contributed by atoms with Crippen molar-refractivity contribution in [2.75, 3.05) is 0 Å². The summed E-state index contributed by atoms with van der Waals surface area (Å²) < 4.78 is 31.0. The second-order valence-corrected chi connectivity index (χ2v) is 7.90. The molecule has 0 aliphatic carbocycles. The van der Waals surface area contributed by atoms with E-state index >= 15 is 0 Å². The number of esters is 1. The first-order valence-corrected chi connectivity index (χ1v) is 10.8. The molecular formula is C24H17ClFN5O4. The molecule has 5 aromatic rings. The van der Waals surface area contributed by atoms with E-state index in [1.807, 2.05) is 30.3 Å². The molecule has 0 bridgehead atoms. The van der Waals surface area contributed by atoms with E-state index in [1.165, 1.54) is 28.9 Å². The van der Waals surface area contributed by atoms with E-state index in [-0.39, 0.29) is 29.1 Å². The van der Waals surface area contributed by atoms with Crippen molar-refractivity contribution in [2.24, 2.45) is 0 Å². The molecule has 0 amide bonds. The fraction of sp³-hybridized carbons (Fsp3) is 0.125. The van der Waals surface area contributed by atoms with Crippen LogP contribution in [0.5, 0.6) is 0 Å². The van der Waals surface area contributed by atoms with Gasteiger partial charge in [-0.25, -0.2) is 13.9 Å². The van der Waals surface area contributed by atoms with Gasteiger partial charge in [0.15, 0.2) is 6.61 Å². The van der Waals surface area contributed by atoms with Gasteiger partial charge in [0.05, 0.1) is 11.4 Å². The van der Waals surface area contributed by atoms with E-state index in [2.05, 4.69) is 20.5 Å². The number of ether oxygens (including phenoxy) is 1. The van der Waals surface area contributed by atoms with E-state index in [4.69, 9.17) is 25.3 Å². The third kappa shape index (κ3) is 4.31. The molecule has 35 heavy (non-hydrogen) atoms. The Hall–Kier alpha value is -4.31. The zero-order valence-electron chi connectivity index (χ0n) is 18.5. The minimum absolute atomic E-state index is 0.0397. The number of benzene rings is 2. The number of carbonyl (C=O) groups is 1. The summed E-state index contributed by atoms with van der Waals surface area (Å²) in [5.74, 6) is -0.345. The molecule has 176 valence electrons. The molecule has 0 fully saturated rings. The van der Waals surface area contributed by atoms with Crippen LogP contribution < -0.4 is 0 Å². The maximum absolute atomic E-state index is 13.2. The third-order valence-electron chi connectivity index (χ3n) is 5.20. The fourth-order valence-electron chi connectivity index (χ4n) is 3.51. The highest BCUT2D eigenvalue weighted by atomic mass is 35.5. The number of rotatable bonds is 6. The van der Waals surface area contributed by atoms with Crippen LogP contribution in [0, 0.1) is 19.7 Å². The van der Waals surface area contributed by atoms with Gasteiger partial charge in [-0.1, -0.05) is 47.1 Å². The van der Waals surface area contributed by atoms with E-state index in [1.54, 1.807) is 13.8 Å². The Balaban J connectivity index is 1.34. The topological polar surface area (TPSA) is 109 Å². The molecule has 2 aromatic carbocycles. The highest BCUT2D eigenvalue weighted by Gasteiger charge is 2.25. The number of aryl methyl sites for hydroxylation is 2. The van der Waals surface area contributed by atoms with E-state index in [9.17, 15) is 9.18 Å². The SMILES string of the molecule is Cc1nn(-c2ccc(F)cc2)c(Cl)c1C(=O)OCc1nnc(-c2c(-c3ccccc3)noc2C)o1. The third-order valence-corrected chi connectivity index (χ3v) is 5.55. The Morgan fingerprint density at radius 1 is 1.09 bits per heavy atom. The minimum atomic E-state index is -0.716. The highest BCUT2D eigenvalue weighted by molar-refractivity contribution is 6.33. The van der Waals surface area contributed by atoms with Crippen molar-refractivity contribution in [1.82, 2.24) is 25.1 Å². The second-order valence-electron chi connectivity index (χ2n) is 7.54. The summed E-state index contributed by atoms with van der Waals surface area (Å²) in [6.45, 7) is 3.07. The van der Waals surface area contributed by atoms with Crippen LogP contribution >= 0.6 is 11.6 Å². The first kappa shape index (κ1) is 22.5. The molecule has 11 heteroatoms. The van der Waals surface area contributed by atoms with E-state index in [0.717, 1.165) is 5.56 Å². The van der Waals surface area contributed by atoms with Crippen LogP contribution in [-0.4, -0.2) is 31.1 Å². The molecule has 0 aliphatic rings. The van der Waals surface area contributed by atoms with Crippen LogP contribution in [0.25, 0.3) is 28.4 Å². The summed E-state index contributed by atoms with van der Waals surface area (Å²) in [6.07, 6.45) is 0. The van der Waals surface area contributed by atoms with Crippen molar-refractivity contribution in [2.45, 2.75) is 20.5 Å². The Morgan fingerprint density at radius 2 is 1.83 bits per heavy atom. The lowest BCUT2D eigenvalue weighted by Crippen LogP contribution is -2.07. The van der Waals surface area contributed by atoms with Crippen LogP contribution in [0.2, 0.25) is 5.15 Å². The van der Waals surface area contributed by atoms with Gasteiger partial charge in [-0.05, 0) is 38.1 Å². The van der Waals surface area contributed by atoms with Gasteiger partial charge in [0, 0.05) is 5.56 Å². The number of halogens is 2. The normalized spacial score (nSPS) is 11.1. The predicted octanol–water partition coefficient (Wildman–Crippen LogP) is 5.34. The Bertz CT molecular complexity index is 1510. The van der Waals surface area contributed by atoms with Gasteiger partial charge in [-0.15, -0.1) is 10.2 Å². The standard InChI is InChI=1S/C24H17ClFN5O4/c1-13-19(22(25)31(29-13)17-10-8-16(26)9-11-17)24(32)33-12-18-27-28-23(34-18)20-14(2)35-30-21(20)15-6-4-3-5-7-15/h3-11H,12H2,1-2H3. The van der Waals surface area contributed by atoms with Crippen LogP contribution in [0.1, 0.15) is 27.7 Å². The van der Waals surface area contributed by atoms with Crippen molar-refractivity contribution in [3.05, 3.63) is 88.5 Å². The quantitative estimate of drug-likeness (QED) is 0.291. The van der Waals surface area contributed by atoms with Gasteiger partial charge in [-0.2, -0.15) is 5.10 Å². The molecule has 3 aromatic heterocycles. The molecule has 0 saturated carbocycles. The highest BCUT2D eigenvalue weighted by Crippen LogP contribution is 2.33. The van der Waals surface area contributed by atoms with E-state index < -0.39 is 11.8 Å². The average Bonchev–Trinajstić information content (AvgIpc) is 3.55. The second kappa shape index (κ2) is 9.15. The van der Waals surface area contributed by atoms with Crippen LogP contribution in [0.3, 0.4) is 0 Å². The predicted molar refractivity (Wildman–Crippen MR) is 122 cm³/mol. The summed E-state index contributed by atoms with van der Waals surface area (Å²) in [5.41, 5.74) is 2.87. The Morgan fingerprint density at radius 3 is 2.57 bits per heavy atom. The van der Waals surface area contributed by atoms with E-state index in [0.29, 0.717) is 28.4 Å². The van der Waals surface area contributed by atoms with Crippen molar-refractivity contribution in [3.8, 4) is 28.4 Å². The first-order valence-electron chi connectivity index (χ1n) is 10.4. The van der Waals surface area contributed by atoms with Crippen LogP contribution in [0.15, 0.2) is 63.5 Å². The largest absolute Gasteiger partial charge is 0.452 e.